The molecule has 1 aliphatic rings. The van der Waals surface area contributed by atoms with Crippen molar-refractivity contribution in [3.63, 3.8) is 0 Å². The van der Waals surface area contributed by atoms with Crippen molar-refractivity contribution in [2.45, 2.75) is 57.5 Å². The number of carbonyl (C=O) groups is 2. The fourth-order valence-electron chi connectivity index (χ4n) is 5.57. The maximum absolute atomic E-state index is 15.7. The summed E-state index contributed by atoms with van der Waals surface area (Å²) in [5.41, 5.74) is -1.17. The number of benzene rings is 3. The fraction of sp³-hybridized carbons (Fsp3) is 0.323. The smallest absolute Gasteiger partial charge is 0.242 e. The Morgan fingerprint density at radius 1 is 1.07 bits per heavy atom. The number of nitriles is 1. The molecule has 0 aromatic heterocycles. The third-order valence-corrected chi connectivity index (χ3v) is 7.82. The second-order valence-corrected chi connectivity index (χ2v) is 12.2. The van der Waals surface area contributed by atoms with Crippen LogP contribution in [0.3, 0.4) is 0 Å². The number of amides is 1. The molecule has 40 heavy (non-hydrogen) atoms. The van der Waals surface area contributed by atoms with E-state index in [4.69, 9.17) is 23.2 Å². The van der Waals surface area contributed by atoms with Gasteiger partial charge in [-0.2, -0.15) is 5.26 Å². The van der Waals surface area contributed by atoms with Crippen LogP contribution < -0.4 is 10.6 Å². The van der Waals surface area contributed by atoms with E-state index in [9.17, 15) is 14.9 Å². The Balaban J connectivity index is 1.92. The first-order chi connectivity index (χ1) is 18.8. The Hall–Kier alpha value is -3.31. The number of rotatable bonds is 6. The molecular formula is C31H29Cl2F2N3O2. The Bertz CT molecular complexity index is 1500. The highest BCUT2D eigenvalue weighted by Crippen LogP contribution is 2.52. The van der Waals surface area contributed by atoms with E-state index in [2.05, 4.69) is 16.7 Å². The summed E-state index contributed by atoms with van der Waals surface area (Å²) in [6.45, 7) is 7.34. The van der Waals surface area contributed by atoms with Gasteiger partial charge >= 0.3 is 0 Å². The van der Waals surface area contributed by atoms with Crippen LogP contribution in [0.25, 0.3) is 0 Å². The maximum Gasteiger partial charge on any atom is 0.242 e. The molecule has 3 aromatic carbocycles. The molecule has 208 valence electrons. The second kappa shape index (κ2) is 11.3. The van der Waals surface area contributed by atoms with Crippen LogP contribution in [0, 0.1) is 28.4 Å². The average Bonchev–Trinajstić information content (AvgIpc) is 3.19. The van der Waals surface area contributed by atoms with E-state index in [0.717, 1.165) is 6.07 Å². The largest absolute Gasteiger partial charge is 0.325 e. The number of hydrogen-bond acceptors (Lipinski definition) is 4. The zero-order valence-corrected chi connectivity index (χ0v) is 24.0. The number of hydrogen-bond donors (Lipinski definition) is 2. The lowest BCUT2D eigenvalue weighted by molar-refractivity contribution is -0.118. The number of carbonyl (C=O) groups excluding carboxylic acids is 2. The van der Waals surface area contributed by atoms with Gasteiger partial charge in [0.2, 0.25) is 5.91 Å². The van der Waals surface area contributed by atoms with Gasteiger partial charge in [-0.25, -0.2) is 8.78 Å². The van der Waals surface area contributed by atoms with Crippen molar-refractivity contribution in [1.29, 1.82) is 5.26 Å². The third-order valence-electron chi connectivity index (χ3n) is 7.29. The summed E-state index contributed by atoms with van der Waals surface area (Å²) in [7, 11) is 0. The molecule has 2 N–H and O–H groups in total. The molecule has 5 nitrogen and oxygen atoms in total. The van der Waals surface area contributed by atoms with Crippen LogP contribution >= 0.6 is 23.2 Å². The van der Waals surface area contributed by atoms with Crippen LogP contribution in [-0.2, 0) is 10.2 Å². The Morgan fingerprint density at radius 2 is 1.75 bits per heavy atom. The van der Waals surface area contributed by atoms with Crippen LogP contribution in [0.2, 0.25) is 10.0 Å². The first-order valence-electron chi connectivity index (χ1n) is 12.8. The SMILES string of the molecule is CC(=O)c1ccc(NC(=O)C2NC(CC(C)(C)C)C(C#N)(c3ccc(Cl)cc3F)C2c2cccc(Cl)c2F)cc1. The number of ketones is 1. The molecule has 4 atom stereocenters. The van der Waals surface area contributed by atoms with Gasteiger partial charge in [-0.15, -0.1) is 0 Å². The Labute approximate surface area is 242 Å². The number of nitrogens with one attached hydrogen (secondary N) is 2. The van der Waals surface area contributed by atoms with E-state index in [-0.39, 0.29) is 32.4 Å². The number of nitrogens with zero attached hydrogens (tertiary/aromatic N) is 1. The normalized spacial score (nSPS) is 22.5. The van der Waals surface area contributed by atoms with Gasteiger partial charge in [-0.3, -0.25) is 9.59 Å². The van der Waals surface area contributed by atoms with E-state index in [1.54, 1.807) is 24.3 Å². The topological polar surface area (TPSA) is 82.0 Å². The van der Waals surface area contributed by atoms with Crippen LogP contribution in [0.4, 0.5) is 14.5 Å². The van der Waals surface area contributed by atoms with Gasteiger partial charge in [0.05, 0.1) is 17.1 Å². The second-order valence-electron chi connectivity index (χ2n) is 11.3. The molecule has 0 bridgehead atoms. The van der Waals surface area contributed by atoms with Crippen molar-refractivity contribution >= 4 is 40.6 Å². The van der Waals surface area contributed by atoms with Gasteiger partial charge in [0.1, 0.15) is 17.0 Å². The van der Waals surface area contributed by atoms with Crippen LogP contribution in [0.15, 0.2) is 60.7 Å². The van der Waals surface area contributed by atoms with Crippen molar-refractivity contribution < 1.29 is 18.4 Å². The summed E-state index contributed by atoms with van der Waals surface area (Å²) in [5, 5.41) is 16.9. The molecule has 9 heteroatoms. The zero-order valence-electron chi connectivity index (χ0n) is 22.5. The third kappa shape index (κ3) is 5.62. The maximum atomic E-state index is 15.7. The van der Waals surface area contributed by atoms with Crippen molar-refractivity contribution in [2.75, 3.05) is 5.32 Å². The van der Waals surface area contributed by atoms with Crippen molar-refractivity contribution in [3.05, 3.63) is 99.0 Å². The fourth-order valence-corrected chi connectivity index (χ4v) is 5.91. The first-order valence-corrected chi connectivity index (χ1v) is 13.5. The molecule has 1 aliphatic heterocycles. The van der Waals surface area contributed by atoms with Crippen LogP contribution in [0.5, 0.6) is 0 Å². The van der Waals surface area contributed by atoms with Crippen molar-refractivity contribution in [1.82, 2.24) is 5.32 Å². The molecule has 0 saturated carbocycles. The average molecular weight is 584 g/mol. The molecule has 1 saturated heterocycles. The predicted octanol–water partition coefficient (Wildman–Crippen LogP) is 7.43. The summed E-state index contributed by atoms with van der Waals surface area (Å²) < 4.78 is 31.4. The molecule has 3 aromatic rings. The summed E-state index contributed by atoms with van der Waals surface area (Å²) in [6.07, 6.45) is 0.360. The highest BCUT2D eigenvalue weighted by Gasteiger charge is 2.61. The van der Waals surface area contributed by atoms with Gasteiger partial charge in [0, 0.05) is 33.8 Å². The quantitative estimate of drug-likeness (QED) is 0.295. The molecule has 4 unspecified atom stereocenters. The highest BCUT2D eigenvalue weighted by atomic mass is 35.5. The lowest BCUT2D eigenvalue weighted by Crippen LogP contribution is -2.45. The number of halogens is 4. The number of anilines is 1. The predicted molar refractivity (Wildman–Crippen MR) is 153 cm³/mol. The highest BCUT2D eigenvalue weighted by molar-refractivity contribution is 6.31. The van der Waals surface area contributed by atoms with Gasteiger partial charge in [-0.1, -0.05) is 62.2 Å². The van der Waals surface area contributed by atoms with E-state index in [0.29, 0.717) is 17.7 Å². The monoisotopic (exact) mass is 583 g/mol. The van der Waals surface area contributed by atoms with Crippen molar-refractivity contribution in [3.8, 4) is 6.07 Å². The van der Waals surface area contributed by atoms with Crippen LogP contribution in [-0.4, -0.2) is 23.8 Å². The molecule has 0 radical (unpaired) electrons. The minimum atomic E-state index is -1.71. The van der Waals surface area contributed by atoms with Gasteiger partial charge in [0.15, 0.2) is 5.78 Å². The molecule has 1 amide bonds. The molecule has 0 spiro atoms. The molecule has 1 heterocycles. The van der Waals surface area contributed by atoms with E-state index in [1.165, 1.54) is 37.3 Å². The Morgan fingerprint density at radius 3 is 2.33 bits per heavy atom. The molecule has 4 rings (SSSR count). The minimum Gasteiger partial charge on any atom is -0.325 e. The van der Waals surface area contributed by atoms with Gasteiger partial charge in [0.25, 0.3) is 0 Å². The zero-order chi connectivity index (χ0) is 29.4. The van der Waals surface area contributed by atoms with E-state index < -0.39 is 41.0 Å². The standard InChI is InChI=1S/C31H29Cl2F2N3O2/c1-17(39)18-8-11-20(12-9-18)37-29(40)28-26(21-6-5-7-23(33)27(21)35)31(16-36,25(38-28)15-30(2,3)4)22-13-10-19(32)14-24(22)34/h5-14,25-26,28,38H,15H2,1-4H3,(H,37,40). The first kappa shape index (κ1) is 29.7. The molecular weight excluding hydrogens is 555 g/mol. The summed E-state index contributed by atoms with van der Waals surface area (Å²) >= 11 is 12.2. The summed E-state index contributed by atoms with van der Waals surface area (Å²) in [6, 6.07) is 15.1. The Kier molecular flexibility index (Phi) is 8.37. The lowest BCUT2D eigenvalue weighted by atomic mass is 9.62. The summed E-state index contributed by atoms with van der Waals surface area (Å²) in [5.74, 6) is -3.37. The van der Waals surface area contributed by atoms with Crippen molar-refractivity contribution in [2.24, 2.45) is 5.41 Å². The molecule has 1 fully saturated rings. The van der Waals surface area contributed by atoms with Crippen LogP contribution in [0.1, 0.15) is 61.5 Å². The van der Waals surface area contributed by atoms with E-state index in [1.807, 2.05) is 20.8 Å². The summed E-state index contributed by atoms with van der Waals surface area (Å²) in [4.78, 5) is 25.6. The number of Topliss-reactive ketones (excluding diaryl/α,β-unsaturated/α-hetero) is 1. The lowest BCUT2D eigenvalue weighted by Gasteiger charge is -2.37. The molecule has 0 aliphatic carbocycles. The van der Waals surface area contributed by atoms with E-state index >= 15 is 8.78 Å². The van der Waals surface area contributed by atoms with Gasteiger partial charge in [-0.05, 0) is 66.8 Å². The van der Waals surface area contributed by atoms with Gasteiger partial charge < -0.3 is 10.6 Å². The minimum absolute atomic E-state index is 0.00615.